The van der Waals surface area contributed by atoms with Gasteiger partial charge in [-0.05, 0) is 0 Å². The average molecular weight is 194 g/mol. The number of methoxy groups -OCH3 is 1. The summed E-state index contributed by atoms with van der Waals surface area (Å²) < 4.78 is 9.65. The molecule has 0 aromatic carbocycles. The van der Waals surface area contributed by atoms with E-state index in [4.69, 9.17) is 14.6 Å². The third-order valence-electron chi connectivity index (χ3n) is 2.08. The molecule has 1 aliphatic rings. The molecule has 0 radical (unpaired) electrons. The van der Waals surface area contributed by atoms with Crippen molar-refractivity contribution in [1.29, 1.82) is 0 Å². The third kappa shape index (κ3) is 1.98. The Morgan fingerprint density at radius 2 is 1.77 bits per heavy atom. The summed E-state index contributed by atoms with van der Waals surface area (Å²) in [7, 11) is 1.30. The molecule has 6 nitrogen and oxygen atoms in total. The van der Waals surface area contributed by atoms with E-state index in [0.29, 0.717) is 0 Å². The molecule has 1 rings (SSSR count). The van der Waals surface area contributed by atoms with Gasteiger partial charge in [0.05, 0.1) is 6.61 Å². The molecule has 0 spiro atoms. The molecule has 1 saturated heterocycles. The van der Waals surface area contributed by atoms with E-state index in [-0.39, 0.29) is 0 Å². The zero-order valence-electron chi connectivity index (χ0n) is 7.20. The van der Waals surface area contributed by atoms with Gasteiger partial charge in [0.25, 0.3) is 0 Å². The summed E-state index contributed by atoms with van der Waals surface area (Å²) in [5, 5.41) is 36.6. The minimum Gasteiger partial charge on any atom is -0.394 e. The first-order chi connectivity index (χ1) is 6.11. The van der Waals surface area contributed by atoms with Crippen LogP contribution in [0.5, 0.6) is 0 Å². The summed E-state index contributed by atoms with van der Waals surface area (Å²) in [6.45, 7) is -0.440. The minimum absolute atomic E-state index is 0.440. The molecule has 1 fully saturated rings. The van der Waals surface area contributed by atoms with E-state index >= 15 is 0 Å². The standard InChI is InChI=1S/C7H14O6/c1-12-7-6(11)5(10)4(9)3(2-8)13-7/h3-11H,2H2,1H3/t3?,4?,5-,6?,7-/m0/s1. The third-order valence-corrected chi connectivity index (χ3v) is 2.08. The van der Waals surface area contributed by atoms with Crippen molar-refractivity contribution < 1.29 is 29.9 Å². The monoisotopic (exact) mass is 194 g/mol. The fraction of sp³-hybridized carbons (Fsp3) is 1.00. The quantitative estimate of drug-likeness (QED) is 0.386. The molecular formula is C7H14O6. The minimum atomic E-state index is -1.36. The first kappa shape index (κ1) is 10.8. The second kappa shape index (κ2) is 4.32. The van der Waals surface area contributed by atoms with Crippen molar-refractivity contribution in [1.82, 2.24) is 0 Å². The lowest BCUT2D eigenvalue weighted by Gasteiger charge is -2.38. The molecule has 6 heteroatoms. The maximum absolute atomic E-state index is 9.28. The summed E-state index contributed by atoms with van der Waals surface area (Å²) in [5.41, 5.74) is 0. The van der Waals surface area contributed by atoms with Gasteiger partial charge >= 0.3 is 0 Å². The second-order valence-corrected chi connectivity index (χ2v) is 2.93. The smallest absolute Gasteiger partial charge is 0.186 e. The van der Waals surface area contributed by atoms with Crippen LogP contribution in [0.4, 0.5) is 0 Å². The number of hydrogen-bond donors (Lipinski definition) is 4. The highest BCUT2D eigenvalue weighted by molar-refractivity contribution is 4.88. The van der Waals surface area contributed by atoms with Crippen LogP contribution in [-0.4, -0.2) is 64.8 Å². The van der Waals surface area contributed by atoms with E-state index in [9.17, 15) is 15.3 Å². The highest BCUT2D eigenvalue weighted by Gasteiger charge is 2.43. The van der Waals surface area contributed by atoms with E-state index < -0.39 is 37.3 Å². The van der Waals surface area contributed by atoms with Crippen molar-refractivity contribution in [3.05, 3.63) is 0 Å². The highest BCUT2D eigenvalue weighted by atomic mass is 16.7. The summed E-state index contributed by atoms with van der Waals surface area (Å²) in [6.07, 6.45) is -5.91. The van der Waals surface area contributed by atoms with Crippen molar-refractivity contribution in [2.45, 2.75) is 30.7 Å². The van der Waals surface area contributed by atoms with Gasteiger partial charge in [-0.3, -0.25) is 0 Å². The van der Waals surface area contributed by atoms with E-state index in [0.717, 1.165) is 0 Å². The van der Waals surface area contributed by atoms with Crippen molar-refractivity contribution in [3.8, 4) is 0 Å². The largest absolute Gasteiger partial charge is 0.394 e. The second-order valence-electron chi connectivity index (χ2n) is 2.93. The van der Waals surface area contributed by atoms with Gasteiger partial charge in [0.2, 0.25) is 0 Å². The summed E-state index contributed by atoms with van der Waals surface area (Å²) >= 11 is 0. The van der Waals surface area contributed by atoms with Crippen molar-refractivity contribution in [2.75, 3.05) is 13.7 Å². The summed E-state index contributed by atoms with van der Waals surface area (Å²) in [5.74, 6) is 0. The Morgan fingerprint density at radius 1 is 1.15 bits per heavy atom. The summed E-state index contributed by atoms with van der Waals surface area (Å²) in [4.78, 5) is 0. The molecule has 1 heterocycles. The van der Waals surface area contributed by atoms with Gasteiger partial charge in [-0.2, -0.15) is 0 Å². The Balaban J connectivity index is 2.66. The van der Waals surface area contributed by atoms with Gasteiger partial charge in [0.1, 0.15) is 24.4 Å². The molecule has 0 bridgehead atoms. The molecule has 0 amide bonds. The van der Waals surface area contributed by atoms with Gasteiger partial charge in [0, 0.05) is 7.11 Å². The normalized spacial score (nSPS) is 46.4. The van der Waals surface area contributed by atoms with E-state index in [1.54, 1.807) is 0 Å². The van der Waals surface area contributed by atoms with Crippen LogP contribution in [0.15, 0.2) is 0 Å². The Hall–Kier alpha value is -0.240. The van der Waals surface area contributed by atoms with Gasteiger partial charge in [-0.1, -0.05) is 0 Å². The van der Waals surface area contributed by atoms with Crippen LogP contribution >= 0.6 is 0 Å². The van der Waals surface area contributed by atoms with E-state index in [2.05, 4.69) is 0 Å². The van der Waals surface area contributed by atoms with Crippen LogP contribution in [0.2, 0.25) is 0 Å². The number of ether oxygens (including phenoxy) is 2. The SMILES string of the molecule is CO[C@H]1OC(CO)C(O)[C@H](O)C1O. The average Bonchev–Trinajstić information content (AvgIpc) is 2.15. The van der Waals surface area contributed by atoms with Crippen LogP contribution in [0.25, 0.3) is 0 Å². The fourth-order valence-corrected chi connectivity index (χ4v) is 1.26. The van der Waals surface area contributed by atoms with Crippen LogP contribution in [0.3, 0.4) is 0 Å². The molecule has 5 atom stereocenters. The van der Waals surface area contributed by atoms with Crippen LogP contribution in [0.1, 0.15) is 0 Å². The molecule has 13 heavy (non-hydrogen) atoms. The Bertz CT molecular complexity index is 143. The predicted octanol–water partition coefficient (Wildman–Crippen LogP) is -2.57. The summed E-state index contributed by atoms with van der Waals surface area (Å²) in [6, 6.07) is 0. The molecule has 3 unspecified atom stereocenters. The zero-order chi connectivity index (χ0) is 10.0. The zero-order valence-corrected chi connectivity index (χ0v) is 7.20. The van der Waals surface area contributed by atoms with Crippen molar-refractivity contribution >= 4 is 0 Å². The Labute approximate surface area is 75.3 Å². The molecule has 0 aromatic rings. The van der Waals surface area contributed by atoms with Gasteiger partial charge < -0.3 is 29.9 Å². The number of aliphatic hydroxyl groups is 4. The van der Waals surface area contributed by atoms with Gasteiger partial charge in [-0.15, -0.1) is 0 Å². The van der Waals surface area contributed by atoms with Crippen molar-refractivity contribution in [2.24, 2.45) is 0 Å². The Kier molecular flexibility index (Phi) is 3.60. The molecule has 4 N–H and O–H groups in total. The number of aliphatic hydroxyl groups excluding tert-OH is 4. The van der Waals surface area contributed by atoms with Crippen LogP contribution in [-0.2, 0) is 9.47 Å². The van der Waals surface area contributed by atoms with Crippen LogP contribution in [0, 0.1) is 0 Å². The lowest BCUT2D eigenvalue weighted by molar-refractivity contribution is -0.294. The van der Waals surface area contributed by atoms with Gasteiger partial charge in [0.15, 0.2) is 6.29 Å². The Morgan fingerprint density at radius 3 is 2.23 bits per heavy atom. The highest BCUT2D eigenvalue weighted by Crippen LogP contribution is 2.20. The first-order valence-electron chi connectivity index (χ1n) is 3.95. The first-order valence-corrected chi connectivity index (χ1v) is 3.95. The molecule has 1 aliphatic heterocycles. The van der Waals surface area contributed by atoms with Crippen LogP contribution < -0.4 is 0 Å². The fourth-order valence-electron chi connectivity index (χ4n) is 1.26. The lowest BCUT2D eigenvalue weighted by Crippen LogP contribution is -2.58. The van der Waals surface area contributed by atoms with E-state index in [1.807, 2.05) is 0 Å². The maximum Gasteiger partial charge on any atom is 0.186 e. The molecule has 0 saturated carbocycles. The van der Waals surface area contributed by atoms with Gasteiger partial charge in [-0.25, -0.2) is 0 Å². The molecule has 78 valence electrons. The maximum atomic E-state index is 9.28. The van der Waals surface area contributed by atoms with E-state index in [1.165, 1.54) is 7.11 Å². The molecular weight excluding hydrogens is 180 g/mol. The number of rotatable bonds is 2. The lowest BCUT2D eigenvalue weighted by atomic mass is 9.99. The predicted molar refractivity (Wildman–Crippen MR) is 40.8 cm³/mol. The van der Waals surface area contributed by atoms with Crippen molar-refractivity contribution in [3.63, 3.8) is 0 Å². The molecule has 0 aliphatic carbocycles. The topological polar surface area (TPSA) is 99.4 Å². The number of hydrogen-bond acceptors (Lipinski definition) is 6. The molecule has 0 aromatic heterocycles.